The van der Waals surface area contributed by atoms with Crippen LogP contribution in [0, 0.1) is 0 Å². The molecule has 1 fully saturated rings. The first-order valence-corrected chi connectivity index (χ1v) is 9.35. The van der Waals surface area contributed by atoms with E-state index in [0.29, 0.717) is 6.42 Å². The average Bonchev–Trinajstić information content (AvgIpc) is 3.10. The van der Waals surface area contributed by atoms with Crippen LogP contribution in [0.5, 0.6) is 0 Å². The lowest BCUT2D eigenvalue weighted by atomic mass is 10.0. The predicted molar refractivity (Wildman–Crippen MR) is 108 cm³/mol. The second kappa shape index (κ2) is 11.5. The molecule has 1 saturated heterocycles. The lowest BCUT2D eigenvalue weighted by Gasteiger charge is -2.35. The summed E-state index contributed by atoms with van der Waals surface area (Å²) in [6, 6.07) is 3.96. The molecule has 0 aliphatic carbocycles. The third-order valence-corrected chi connectivity index (χ3v) is 4.42. The third kappa shape index (κ3) is 7.04. The van der Waals surface area contributed by atoms with Crippen LogP contribution in [0.1, 0.15) is 65.3 Å². The van der Waals surface area contributed by atoms with Gasteiger partial charge in [0.25, 0.3) is 0 Å². The first-order chi connectivity index (χ1) is 12.4. The zero-order valence-electron chi connectivity index (χ0n) is 16.6. The number of nitrogens with zero attached hydrogens (tertiary/aromatic N) is 1. The van der Waals surface area contributed by atoms with Crippen molar-refractivity contribution < 1.29 is 14.3 Å². The van der Waals surface area contributed by atoms with Gasteiger partial charge in [-0.05, 0) is 38.0 Å². The van der Waals surface area contributed by atoms with Crippen molar-refractivity contribution in [3.8, 4) is 0 Å². The average molecular weight is 360 g/mol. The van der Waals surface area contributed by atoms with Crippen molar-refractivity contribution in [3.05, 3.63) is 54.9 Å². The molecule has 2 rings (SSSR count). The SMILES string of the molecule is C=C/C=C(\C)CC.C=Cc1cccn1[C@H]1C[C@@H](OC(C)=O)C[C@@H](CC)O1. The molecule has 4 heteroatoms. The van der Waals surface area contributed by atoms with E-state index in [0.717, 1.165) is 25.0 Å². The highest BCUT2D eigenvalue weighted by Crippen LogP contribution is 2.31. The van der Waals surface area contributed by atoms with Crippen molar-refractivity contribution in [1.29, 1.82) is 0 Å². The molecule has 0 bridgehead atoms. The fourth-order valence-electron chi connectivity index (χ4n) is 2.88. The number of ether oxygens (including phenoxy) is 2. The Balaban J connectivity index is 0.000000412. The Kier molecular flexibility index (Phi) is 9.74. The standard InChI is InChI=1S/C15H21NO3.C7H12/c1-4-12-7-6-8-16(12)15-10-14(18-11(3)17)9-13(5-2)19-15;1-4-6-7(3)5-2/h4,6-8,13-15H,1,5,9-10H2,2-3H3;4,6H,1,5H2,2-3H3/b;7-6+/t13-,14+,15-;/m1./s1. The number of allylic oxidation sites excluding steroid dienone is 3. The molecule has 26 heavy (non-hydrogen) atoms. The zero-order valence-corrected chi connectivity index (χ0v) is 16.6. The summed E-state index contributed by atoms with van der Waals surface area (Å²) >= 11 is 0. The molecule has 0 unspecified atom stereocenters. The number of esters is 1. The summed E-state index contributed by atoms with van der Waals surface area (Å²) in [5, 5.41) is 0. The summed E-state index contributed by atoms with van der Waals surface area (Å²) in [5.41, 5.74) is 2.40. The van der Waals surface area contributed by atoms with E-state index >= 15 is 0 Å². The first kappa shape index (κ1) is 22.0. The Morgan fingerprint density at radius 2 is 2.08 bits per heavy atom. The molecule has 0 aromatic carbocycles. The highest BCUT2D eigenvalue weighted by molar-refractivity contribution is 5.66. The first-order valence-electron chi connectivity index (χ1n) is 9.35. The van der Waals surface area contributed by atoms with Gasteiger partial charge < -0.3 is 14.0 Å². The smallest absolute Gasteiger partial charge is 0.302 e. The van der Waals surface area contributed by atoms with Crippen molar-refractivity contribution in [1.82, 2.24) is 4.57 Å². The van der Waals surface area contributed by atoms with Gasteiger partial charge in [0.15, 0.2) is 0 Å². The largest absolute Gasteiger partial charge is 0.462 e. The van der Waals surface area contributed by atoms with E-state index in [1.807, 2.05) is 35.0 Å². The van der Waals surface area contributed by atoms with Gasteiger partial charge in [0.1, 0.15) is 12.3 Å². The van der Waals surface area contributed by atoms with Gasteiger partial charge in [-0.15, -0.1) is 0 Å². The lowest BCUT2D eigenvalue weighted by molar-refractivity contribution is -0.167. The third-order valence-electron chi connectivity index (χ3n) is 4.42. The van der Waals surface area contributed by atoms with E-state index in [2.05, 4.69) is 33.9 Å². The molecule has 1 aromatic rings. The van der Waals surface area contributed by atoms with Crippen LogP contribution >= 0.6 is 0 Å². The number of carbonyl (C=O) groups excluding carboxylic acids is 1. The summed E-state index contributed by atoms with van der Waals surface area (Å²) in [5.74, 6) is -0.225. The highest BCUT2D eigenvalue weighted by atomic mass is 16.6. The predicted octanol–water partition coefficient (Wildman–Crippen LogP) is 5.68. The van der Waals surface area contributed by atoms with Crippen molar-refractivity contribution in [3.63, 3.8) is 0 Å². The van der Waals surface area contributed by atoms with Crippen LogP contribution in [0.4, 0.5) is 0 Å². The van der Waals surface area contributed by atoms with Gasteiger partial charge in [-0.2, -0.15) is 0 Å². The lowest BCUT2D eigenvalue weighted by Crippen LogP contribution is -2.36. The molecule has 1 aromatic heterocycles. The molecular weight excluding hydrogens is 326 g/mol. The van der Waals surface area contributed by atoms with Crippen LogP contribution in [0.15, 0.2) is 49.2 Å². The van der Waals surface area contributed by atoms with Crippen LogP contribution in [-0.4, -0.2) is 22.7 Å². The Morgan fingerprint density at radius 1 is 1.35 bits per heavy atom. The summed E-state index contributed by atoms with van der Waals surface area (Å²) in [6.45, 7) is 15.1. The minimum Gasteiger partial charge on any atom is -0.462 e. The van der Waals surface area contributed by atoms with E-state index in [4.69, 9.17) is 9.47 Å². The Labute approximate surface area is 158 Å². The van der Waals surface area contributed by atoms with E-state index in [1.165, 1.54) is 12.5 Å². The fourth-order valence-corrected chi connectivity index (χ4v) is 2.88. The molecule has 0 spiro atoms. The summed E-state index contributed by atoms with van der Waals surface area (Å²) in [6.07, 6.45) is 11.1. The van der Waals surface area contributed by atoms with E-state index in [1.54, 1.807) is 6.08 Å². The van der Waals surface area contributed by atoms with Gasteiger partial charge in [-0.3, -0.25) is 4.79 Å². The number of hydrogen-bond donors (Lipinski definition) is 0. The monoisotopic (exact) mass is 359 g/mol. The molecule has 4 nitrogen and oxygen atoms in total. The van der Waals surface area contributed by atoms with E-state index in [9.17, 15) is 4.79 Å². The summed E-state index contributed by atoms with van der Waals surface area (Å²) in [7, 11) is 0. The van der Waals surface area contributed by atoms with E-state index in [-0.39, 0.29) is 24.4 Å². The van der Waals surface area contributed by atoms with Gasteiger partial charge >= 0.3 is 5.97 Å². The molecule has 144 valence electrons. The highest BCUT2D eigenvalue weighted by Gasteiger charge is 2.31. The van der Waals surface area contributed by atoms with Crippen molar-refractivity contribution in [2.45, 2.75) is 71.8 Å². The van der Waals surface area contributed by atoms with Crippen LogP contribution < -0.4 is 0 Å². The molecule has 0 amide bonds. The number of aromatic nitrogens is 1. The summed E-state index contributed by atoms with van der Waals surface area (Å²) in [4.78, 5) is 11.1. The Bertz CT molecular complexity index is 615. The van der Waals surface area contributed by atoms with Gasteiger partial charge in [0.05, 0.1) is 6.10 Å². The minimum atomic E-state index is -0.225. The maximum Gasteiger partial charge on any atom is 0.302 e. The van der Waals surface area contributed by atoms with Crippen molar-refractivity contribution >= 4 is 12.0 Å². The molecule has 2 heterocycles. The van der Waals surface area contributed by atoms with Crippen LogP contribution in [0.25, 0.3) is 6.08 Å². The molecule has 0 N–H and O–H groups in total. The maximum atomic E-state index is 11.1. The van der Waals surface area contributed by atoms with Gasteiger partial charge in [0, 0.05) is 31.7 Å². The quantitative estimate of drug-likeness (QED) is 0.485. The molecule has 0 saturated carbocycles. The second-order valence-corrected chi connectivity index (χ2v) is 6.47. The van der Waals surface area contributed by atoms with E-state index < -0.39 is 0 Å². The van der Waals surface area contributed by atoms with Gasteiger partial charge in [0.2, 0.25) is 0 Å². The van der Waals surface area contributed by atoms with Crippen molar-refractivity contribution in [2.75, 3.05) is 0 Å². The molecule has 3 atom stereocenters. The number of rotatable bonds is 6. The number of carbonyl (C=O) groups is 1. The minimum absolute atomic E-state index is 0.0683. The van der Waals surface area contributed by atoms with Crippen LogP contribution in [0.2, 0.25) is 0 Å². The second-order valence-electron chi connectivity index (χ2n) is 6.47. The number of hydrogen-bond acceptors (Lipinski definition) is 3. The Hall–Kier alpha value is -2.07. The Morgan fingerprint density at radius 3 is 2.58 bits per heavy atom. The molecule has 0 radical (unpaired) electrons. The molecule has 1 aliphatic heterocycles. The molecular formula is C22H33NO3. The maximum absolute atomic E-state index is 11.1. The van der Waals surface area contributed by atoms with Crippen LogP contribution in [-0.2, 0) is 14.3 Å². The topological polar surface area (TPSA) is 40.5 Å². The summed E-state index contributed by atoms with van der Waals surface area (Å²) < 4.78 is 13.5. The molecule has 1 aliphatic rings. The fraction of sp³-hybridized carbons (Fsp3) is 0.500. The normalized spacial score (nSPS) is 22.8. The van der Waals surface area contributed by atoms with Crippen molar-refractivity contribution in [2.24, 2.45) is 0 Å². The van der Waals surface area contributed by atoms with Crippen LogP contribution in [0.3, 0.4) is 0 Å². The van der Waals surface area contributed by atoms with Gasteiger partial charge in [-0.1, -0.05) is 44.7 Å². The zero-order chi connectivity index (χ0) is 19.5. The van der Waals surface area contributed by atoms with Gasteiger partial charge in [-0.25, -0.2) is 0 Å².